The summed E-state index contributed by atoms with van der Waals surface area (Å²) in [5, 5.41) is 28.7. The van der Waals surface area contributed by atoms with Gasteiger partial charge in [-0.1, -0.05) is 5.21 Å². The molecule has 1 aliphatic carbocycles. The molecular formula is C22H23N5O3. The SMILES string of the molecule is CC(Oc1ccc2ncc3c(c2c1)CCOC3)c1cn(C2CC(O)C(C#N)C2)nn1. The van der Waals surface area contributed by atoms with Gasteiger partial charge < -0.3 is 14.6 Å². The molecule has 0 bridgehead atoms. The number of aromatic nitrogens is 4. The molecule has 8 heteroatoms. The van der Waals surface area contributed by atoms with E-state index < -0.39 is 6.10 Å². The molecule has 5 rings (SSSR count). The molecule has 0 radical (unpaired) electrons. The van der Waals surface area contributed by atoms with Crippen molar-refractivity contribution in [1.29, 1.82) is 5.26 Å². The lowest BCUT2D eigenvalue weighted by Gasteiger charge is -2.19. The van der Waals surface area contributed by atoms with E-state index in [1.807, 2.05) is 37.5 Å². The Bertz CT molecular complexity index is 1120. The van der Waals surface area contributed by atoms with Crippen molar-refractivity contribution in [2.75, 3.05) is 6.61 Å². The van der Waals surface area contributed by atoms with Gasteiger partial charge in [0.25, 0.3) is 0 Å². The third kappa shape index (κ3) is 3.40. The summed E-state index contributed by atoms with van der Waals surface area (Å²) in [6.07, 6.45) is 4.83. The second-order valence-electron chi connectivity index (χ2n) is 8.06. The van der Waals surface area contributed by atoms with Crippen LogP contribution in [0.4, 0.5) is 0 Å². The first-order valence-electron chi connectivity index (χ1n) is 10.3. The van der Waals surface area contributed by atoms with Crippen LogP contribution < -0.4 is 4.74 Å². The van der Waals surface area contributed by atoms with E-state index in [2.05, 4.69) is 21.4 Å². The minimum atomic E-state index is -0.608. The van der Waals surface area contributed by atoms with E-state index >= 15 is 0 Å². The summed E-state index contributed by atoms with van der Waals surface area (Å²) in [5.74, 6) is 0.408. The fourth-order valence-corrected chi connectivity index (χ4v) is 4.38. The zero-order chi connectivity index (χ0) is 20.7. The molecule has 3 aromatic rings. The van der Waals surface area contributed by atoms with Crippen molar-refractivity contribution >= 4 is 10.9 Å². The fourth-order valence-electron chi connectivity index (χ4n) is 4.38. The van der Waals surface area contributed by atoms with E-state index in [1.54, 1.807) is 4.68 Å². The van der Waals surface area contributed by atoms with Crippen LogP contribution in [0.3, 0.4) is 0 Å². The number of hydrogen-bond acceptors (Lipinski definition) is 7. The number of nitrogens with zero attached hydrogens (tertiary/aromatic N) is 5. The average Bonchev–Trinajstić information content (AvgIpc) is 3.40. The lowest BCUT2D eigenvalue weighted by Crippen LogP contribution is -2.11. The Morgan fingerprint density at radius 3 is 3.10 bits per heavy atom. The van der Waals surface area contributed by atoms with Crippen LogP contribution >= 0.6 is 0 Å². The van der Waals surface area contributed by atoms with Gasteiger partial charge in [-0.25, -0.2) is 4.68 Å². The lowest BCUT2D eigenvalue weighted by molar-refractivity contribution is 0.111. The first-order valence-corrected chi connectivity index (χ1v) is 10.3. The van der Waals surface area contributed by atoms with Crippen LogP contribution in [-0.4, -0.2) is 37.8 Å². The van der Waals surface area contributed by atoms with Crippen molar-refractivity contribution in [3.8, 4) is 11.8 Å². The first kappa shape index (κ1) is 19.0. The van der Waals surface area contributed by atoms with Gasteiger partial charge in [-0.15, -0.1) is 5.10 Å². The Labute approximate surface area is 174 Å². The Morgan fingerprint density at radius 1 is 1.37 bits per heavy atom. The van der Waals surface area contributed by atoms with E-state index in [9.17, 15) is 5.11 Å². The summed E-state index contributed by atoms with van der Waals surface area (Å²) in [5.41, 5.74) is 4.08. The molecule has 1 saturated carbocycles. The molecule has 30 heavy (non-hydrogen) atoms. The molecule has 1 aromatic carbocycles. The monoisotopic (exact) mass is 405 g/mol. The largest absolute Gasteiger partial charge is 0.484 e. The molecule has 0 spiro atoms. The van der Waals surface area contributed by atoms with Crippen LogP contribution in [0.15, 0.2) is 30.6 Å². The molecule has 1 fully saturated rings. The molecule has 1 aliphatic heterocycles. The first-order chi connectivity index (χ1) is 14.6. The van der Waals surface area contributed by atoms with Gasteiger partial charge in [-0.2, -0.15) is 5.26 Å². The highest BCUT2D eigenvalue weighted by Gasteiger charge is 2.35. The quantitative estimate of drug-likeness (QED) is 0.711. The number of aliphatic hydroxyl groups is 1. The molecule has 0 amide bonds. The Morgan fingerprint density at radius 2 is 2.27 bits per heavy atom. The zero-order valence-corrected chi connectivity index (χ0v) is 16.7. The molecule has 4 unspecified atom stereocenters. The highest BCUT2D eigenvalue weighted by atomic mass is 16.5. The maximum absolute atomic E-state index is 9.98. The van der Waals surface area contributed by atoms with Crippen molar-refractivity contribution in [2.45, 2.75) is 51.0 Å². The van der Waals surface area contributed by atoms with Crippen LogP contribution in [0.2, 0.25) is 0 Å². The number of pyridine rings is 1. The number of rotatable bonds is 4. The predicted octanol–water partition coefficient (Wildman–Crippen LogP) is 2.87. The topological polar surface area (TPSA) is 106 Å². The minimum absolute atomic E-state index is 0.0152. The Hall–Kier alpha value is -3.02. The van der Waals surface area contributed by atoms with Gasteiger partial charge in [0.15, 0.2) is 0 Å². The van der Waals surface area contributed by atoms with Crippen molar-refractivity contribution in [3.05, 3.63) is 47.4 Å². The zero-order valence-electron chi connectivity index (χ0n) is 16.7. The van der Waals surface area contributed by atoms with E-state index in [0.717, 1.165) is 35.2 Å². The summed E-state index contributed by atoms with van der Waals surface area (Å²) in [6, 6.07) is 8.09. The molecule has 4 atom stereocenters. The van der Waals surface area contributed by atoms with Gasteiger partial charge in [-0.05, 0) is 55.5 Å². The molecule has 1 N–H and O–H groups in total. The van der Waals surface area contributed by atoms with Crippen LogP contribution in [0, 0.1) is 17.2 Å². The second-order valence-corrected chi connectivity index (χ2v) is 8.06. The van der Waals surface area contributed by atoms with Crippen molar-refractivity contribution in [3.63, 3.8) is 0 Å². The highest BCUT2D eigenvalue weighted by molar-refractivity contribution is 5.84. The third-order valence-electron chi connectivity index (χ3n) is 6.10. The van der Waals surface area contributed by atoms with E-state index in [-0.39, 0.29) is 18.1 Å². The standard InChI is InChI=1S/C22H23N5O3/c1-13(21-11-27(26-25-21)16-6-14(9-23)22(28)7-16)30-17-2-3-20-19(8-17)18-4-5-29-12-15(18)10-24-20/h2-3,8,10-11,13-14,16,22,28H,4-7,12H2,1H3. The summed E-state index contributed by atoms with van der Waals surface area (Å²) >= 11 is 0. The fraction of sp³-hybridized carbons (Fsp3) is 0.455. The van der Waals surface area contributed by atoms with Crippen molar-refractivity contribution in [1.82, 2.24) is 20.0 Å². The van der Waals surface area contributed by atoms with Crippen LogP contribution in [-0.2, 0) is 17.8 Å². The molecular weight excluding hydrogens is 382 g/mol. The van der Waals surface area contributed by atoms with E-state index in [0.29, 0.717) is 25.1 Å². The van der Waals surface area contributed by atoms with Crippen LogP contribution in [0.5, 0.6) is 5.75 Å². The van der Waals surface area contributed by atoms with Crippen LogP contribution in [0.1, 0.15) is 48.7 Å². The number of fused-ring (bicyclic) bond motifs is 3. The van der Waals surface area contributed by atoms with Gasteiger partial charge in [0.2, 0.25) is 0 Å². The average molecular weight is 405 g/mol. The smallest absolute Gasteiger partial charge is 0.141 e. The van der Waals surface area contributed by atoms with Gasteiger partial charge in [0.05, 0.1) is 49.1 Å². The molecule has 2 aliphatic rings. The van der Waals surface area contributed by atoms with Gasteiger partial charge in [0, 0.05) is 11.6 Å². The Kier molecular flexibility index (Phi) is 4.85. The summed E-state index contributed by atoms with van der Waals surface area (Å²) in [4.78, 5) is 4.53. The normalized spacial score (nSPS) is 24.4. The van der Waals surface area contributed by atoms with E-state index in [4.69, 9.17) is 14.7 Å². The van der Waals surface area contributed by atoms with Gasteiger partial charge >= 0.3 is 0 Å². The third-order valence-corrected chi connectivity index (χ3v) is 6.10. The number of aliphatic hydroxyl groups excluding tert-OH is 1. The molecule has 0 saturated heterocycles. The van der Waals surface area contributed by atoms with Gasteiger partial charge in [0.1, 0.15) is 17.5 Å². The minimum Gasteiger partial charge on any atom is -0.484 e. The summed E-state index contributed by atoms with van der Waals surface area (Å²) in [6.45, 7) is 3.26. The van der Waals surface area contributed by atoms with Gasteiger partial charge in [-0.3, -0.25) is 4.98 Å². The second kappa shape index (κ2) is 7.67. The Balaban J connectivity index is 1.34. The molecule has 3 heterocycles. The number of benzene rings is 1. The molecule has 2 aromatic heterocycles. The number of ether oxygens (including phenoxy) is 2. The summed E-state index contributed by atoms with van der Waals surface area (Å²) in [7, 11) is 0. The molecule has 8 nitrogen and oxygen atoms in total. The van der Waals surface area contributed by atoms with E-state index in [1.165, 1.54) is 5.56 Å². The summed E-state index contributed by atoms with van der Waals surface area (Å²) < 4.78 is 13.4. The van der Waals surface area contributed by atoms with Crippen molar-refractivity contribution < 1.29 is 14.6 Å². The lowest BCUT2D eigenvalue weighted by atomic mass is 10.00. The maximum atomic E-state index is 9.98. The number of hydrogen-bond donors (Lipinski definition) is 1. The highest BCUT2D eigenvalue weighted by Crippen LogP contribution is 2.35. The van der Waals surface area contributed by atoms with Crippen molar-refractivity contribution in [2.24, 2.45) is 5.92 Å². The maximum Gasteiger partial charge on any atom is 0.141 e. The van der Waals surface area contributed by atoms with Crippen LogP contribution in [0.25, 0.3) is 10.9 Å². The number of nitriles is 1. The predicted molar refractivity (Wildman–Crippen MR) is 108 cm³/mol. The molecule has 154 valence electrons.